The van der Waals surface area contributed by atoms with Crippen molar-refractivity contribution in [3.05, 3.63) is 0 Å². The van der Waals surface area contributed by atoms with E-state index in [2.05, 4.69) is 225 Å². The molecule has 0 spiro atoms. The average molecular weight is 825 g/mol. The molecule has 0 aromatic carbocycles. The van der Waals surface area contributed by atoms with E-state index in [1.165, 1.54) is 0 Å². The van der Waals surface area contributed by atoms with Crippen LogP contribution < -0.4 is 0 Å². The Hall–Kier alpha value is 0.200. The number of rotatable bonds is 16. The summed E-state index contributed by atoms with van der Waals surface area (Å²) in [6, 6.07) is 0. The van der Waals surface area contributed by atoms with Gasteiger partial charge in [0.05, 0.1) is 11.8 Å². The molecule has 0 unspecified atom stereocenters. The predicted molar refractivity (Wildman–Crippen MR) is 229 cm³/mol. The first-order chi connectivity index (χ1) is 22.6. The molecule has 50 heavy (non-hydrogen) atoms. The van der Waals surface area contributed by atoms with Crippen LogP contribution in [0.5, 0.6) is 0 Å². The van der Waals surface area contributed by atoms with E-state index in [1.807, 2.05) is 0 Å². The summed E-state index contributed by atoms with van der Waals surface area (Å²) in [5, 5.41) is 18.3. The molecular weight excluding hydrogens is 751 g/mol. The Balaban J connectivity index is 0. The third-order valence-electron chi connectivity index (χ3n) is 7.60. The minimum absolute atomic E-state index is 0.574. The number of hydrogen-bond acceptors (Lipinski definition) is 7. The molecule has 0 aromatic heterocycles. The minimum Gasteiger partial charge on any atom is -0.184 e. The molecule has 0 N–H and O–H groups in total. The topological polar surface area (TPSA) is 136 Å². The maximum atomic E-state index is 7.56. The summed E-state index contributed by atoms with van der Waals surface area (Å²) in [5.74, 6) is 0. The largest absolute Gasteiger partial charge is 0.184 e. The molecule has 0 fully saturated rings. The van der Waals surface area contributed by atoms with Gasteiger partial charge in [0.15, 0.2) is 0 Å². The third-order valence-corrected chi connectivity index (χ3v) is 29.3. The summed E-state index contributed by atoms with van der Waals surface area (Å²) in [4.78, 5) is 0. The molecule has 0 aliphatic carbocycles. The van der Waals surface area contributed by atoms with E-state index in [0.29, 0.717) is 11.8 Å². The van der Waals surface area contributed by atoms with Crippen molar-refractivity contribution in [2.45, 2.75) is 0 Å². The molecule has 0 radical (unpaired) electrons. The molecule has 0 rings (SSSR count). The van der Waals surface area contributed by atoms with Crippen molar-refractivity contribution >= 4 is 49.7 Å². The van der Waals surface area contributed by atoms with Crippen molar-refractivity contribution in [3.8, 4) is 10.8 Å². The van der Waals surface area contributed by atoms with Crippen LogP contribution in [-0.2, 0) is 0 Å². The zero-order valence-electron chi connectivity index (χ0n) is 35.7. The van der Waals surface area contributed by atoms with Gasteiger partial charge in [0, 0.05) is 0 Å². The van der Waals surface area contributed by atoms with Crippen molar-refractivity contribution in [2.75, 3.05) is 169 Å². The first-order valence-electron chi connectivity index (χ1n) is 15.7. The Morgan fingerprint density at radius 3 is 0.500 bits per heavy atom. The van der Waals surface area contributed by atoms with Gasteiger partial charge in [0.25, 0.3) is 0 Å². The van der Waals surface area contributed by atoms with E-state index < -0.39 is 37.9 Å². The average Bonchev–Trinajstić information content (AvgIpc) is 2.94. The van der Waals surface area contributed by atoms with Crippen LogP contribution in [0.15, 0.2) is 18.1 Å². The molecular formula is C26H73N18P5S. The zero-order chi connectivity index (χ0) is 40.4. The first-order valence-corrected chi connectivity index (χ1v) is 24.7. The second-order valence-corrected chi connectivity index (χ2v) is 32.5. The molecule has 0 heterocycles. The molecule has 0 saturated heterocycles. The second kappa shape index (κ2) is 21.3. The van der Waals surface area contributed by atoms with Crippen molar-refractivity contribution in [3.63, 3.8) is 0 Å². The van der Waals surface area contributed by atoms with Gasteiger partial charge in [-0.05, 0) is 0 Å². The monoisotopic (exact) mass is 824 g/mol. The fourth-order valence-electron chi connectivity index (χ4n) is 6.23. The van der Waals surface area contributed by atoms with Crippen molar-refractivity contribution < 1.29 is 0 Å². The maximum Gasteiger partial charge on any atom is 0.149 e. The van der Waals surface area contributed by atoms with Gasteiger partial charge in [-0.2, -0.15) is 10.5 Å². The quantitative estimate of drug-likeness (QED) is 0.141. The van der Waals surface area contributed by atoms with E-state index in [0.717, 1.165) is 0 Å². The summed E-state index contributed by atoms with van der Waals surface area (Å²) in [6.45, 7) is 0. The molecule has 18 nitrogen and oxygen atoms in total. The molecule has 24 heteroatoms. The van der Waals surface area contributed by atoms with Gasteiger partial charge < -0.3 is 0 Å². The SMILES string of the molecule is CN(C)P(=N[PH](N=P(N(C)C)(N(C)C)N(C)C)(N=P(N(C)C)(N(C)C)N(C)C)N=P(N(C)C)(N(C)C)N(C)C)(N(C)C)N(C)C.N#CSC#N. The van der Waals surface area contributed by atoms with Crippen LogP contribution in [0.25, 0.3) is 0 Å². The van der Waals surface area contributed by atoms with Crippen LogP contribution in [-0.4, -0.2) is 225 Å². The van der Waals surface area contributed by atoms with Crippen LogP contribution in [0.3, 0.4) is 0 Å². The summed E-state index contributed by atoms with van der Waals surface area (Å²) in [5.41, 5.74) is 0. The first kappa shape index (κ1) is 52.3. The predicted octanol–water partition coefficient (Wildman–Crippen LogP) is 5.60. The van der Waals surface area contributed by atoms with Gasteiger partial charge >= 0.3 is 281 Å². The molecule has 0 aliphatic heterocycles. The zero-order valence-corrected chi connectivity index (χ0v) is 41.1. The fraction of sp³-hybridized carbons (Fsp3) is 0.923. The van der Waals surface area contributed by atoms with Crippen molar-refractivity contribution in [2.24, 2.45) is 18.1 Å². The molecule has 0 aromatic rings. The smallest absolute Gasteiger partial charge is 0.149 e. The molecule has 298 valence electrons. The Morgan fingerprint density at radius 1 is 0.320 bits per heavy atom. The van der Waals surface area contributed by atoms with Gasteiger partial charge in [0.1, 0.15) is 10.8 Å². The molecule has 0 bridgehead atoms. The number of nitriles is 2. The Morgan fingerprint density at radius 2 is 0.440 bits per heavy atom. The number of thioether (sulfide) groups is 1. The number of hydrogen-bond donors (Lipinski definition) is 0. The summed E-state index contributed by atoms with van der Waals surface area (Å²) in [6.07, 6.45) is 0. The standard InChI is InChI=1S/C24H73N16P5.C2N2S/c1-29(2)42(30(3)4,31(5)6)25-41(26-43(32(7)8,33(9)10)34(11)12,27-44(35(13)14,36(15)16)37(17)18)28-45(38(19)20,39(21)22)40(23)24;3-1-5-2-4/h41H,1-24H3;. The van der Waals surface area contributed by atoms with Crippen LogP contribution in [0.4, 0.5) is 0 Å². The summed E-state index contributed by atoms with van der Waals surface area (Å²) in [7, 11) is 36.5. The van der Waals surface area contributed by atoms with E-state index >= 15 is 0 Å². The van der Waals surface area contributed by atoms with E-state index in [4.69, 9.17) is 28.6 Å². The summed E-state index contributed by atoms with van der Waals surface area (Å²) >= 11 is 0.574. The number of thiocyanates is 2. The van der Waals surface area contributed by atoms with E-state index in [9.17, 15) is 0 Å². The third kappa shape index (κ3) is 11.1. The Labute approximate surface area is 313 Å². The van der Waals surface area contributed by atoms with E-state index in [-0.39, 0.29) is 0 Å². The van der Waals surface area contributed by atoms with Crippen LogP contribution in [0.1, 0.15) is 0 Å². The summed E-state index contributed by atoms with van der Waals surface area (Å²) < 4.78 is 51.4. The second-order valence-electron chi connectivity index (χ2n) is 13.6. The normalized spacial score (nSPS) is 14.1. The van der Waals surface area contributed by atoms with Gasteiger partial charge in [-0.25, -0.2) is 0 Å². The van der Waals surface area contributed by atoms with Gasteiger partial charge in [-0.1, -0.05) is 0 Å². The van der Waals surface area contributed by atoms with Gasteiger partial charge in [0.2, 0.25) is 0 Å². The Bertz CT molecular complexity index is 1070. The van der Waals surface area contributed by atoms with Gasteiger partial charge in [-0.3, -0.25) is 0 Å². The molecule has 0 atom stereocenters. The maximum absolute atomic E-state index is 7.56. The molecule has 0 amide bonds. The Kier molecular flexibility index (Phi) is 22.3. The van der Waals surface area contributed by atoms with Crippen LogP contribution in [0, 0.1) is 21.3 Å². The molecule has 0 saturated carbocycles. The van der Waals surface area contributed by atoms with E-state index in [1.54, 1.807) is 10.8 Å². The van der Waals surface area contributed by atoms with Crippen LogP contribution in [0.2, 0.25) is 0 Å². The van der Waals surface area contributed by atoms with Crippen molar-refractivity contribution in [1.82, 2.24) is 56.0 Å². The molecule has 0 aliphatic rings. The van der Waals surface area contributed by atoms with Gasteiger partial charge in [-0.15, -0.1) is 0 Å². The number of nitrogens with zero attached hydrogens (tertiary/aromatic N) is 18. The van der Waals surface area contributed by atoms with Crippen LogP contribution >= 0.6 is 49.7 Å². The minimum atomic E-state index is -3.89. The van der Waals surface area contributed by atoms with Crippen molar-refractivity contribution in [1.29, 1.82) is 10.5 Å². The fourth-order valence-corrected chi connectivity index (χ4v) is 32.3.